The first-order valence-corrected chi connectivity index (χ1v) is 6.81. The zero-order valence-electron chi connectivity index (χ0n) is 12.8. The number of hydrogen-bond donors (Lipinski definition) is 1. The van der Waals surface area contributed by atoms with Gasteiger partial charge in [0.15, 0.2) is 17.8 Å². The summed E-state index contributed by atoms with van der Waals surface area (Å²) in [6.07, 6.45) is 0.742. The molecule has 0 saturated carbocycles. The van der Waals surface area contributed by atoms with E-state index in [1.54, 1.807) is 21.3 Å². The number of methoxy groups -OCH3 is 3. The zero-order chi connectivity index (χ0) is 14.8. The Labute approximate surface area is 121 Å². The molecule has 0 spiro atoms. The van der Waals surface area contributed by atoms with Crippen LogP contribution in [0.15, 0.2) is 18.2 Å². The largest absolute Gasteiger partial charge is 0.493 e. The smallest absolute Gasteiger partial charge is 0.169 e. The minimum atomic E-state index is -0.232. The first kappa shape index (κ1) is 16.8. The molecule has 0 aliphatic rings. The van der Waals surface area contributed by atoms with E-state index in [-0.39, 0.29) is 6.29 Å². The fraction of sp³-hybridized carbons (Fsp3) is 0.600. The molecular formula is C15H25NO4. The monoisotopic (exact) mass is 283 g/mol. The van der Waals surface area contributed by atoms with E-state index in [1.807, 2.05) is 18.2 Å². The third-order valence-corrected chi connectivity index (χ3v) is 2.86. The average molecular weight is 283 g/mol. The molecule has 0 bridgehead atoms. The summed E-state index contributed by atoms with van der Waals surface area (Å²) in [4.78, 5) is 0. The minimum Gasteiger partial charge on any atom is -0.493 e. The lowest BCUT2D eigenvalue weighted by atomic mass is 10.2. The Hall–Kier alpha value is -1.30. The molecule has 0 unspecified atom stereocenters. The van der Waals surface area contributed by atoms with Gasteiger partial charge in [0, 0.05) is 27.3 Å². The number of hydrogen-bond acceptors (Lipinski definition) is 5. The van der Waals surface area contributed by atoms with Crippen LogP contribution in [-0.4, -0.2) is 40.8 Å². The standard InChI is InChI=1S/C15H25NO4/c1-5-8-20-13-7-6-12(9-14(13)17-2)10-16-11-15(18-3)19-4/h6-7,9,15-16H,5,8,10-11H2,1-4H3. The van der Waals surface area contributed by atoms with Crippen molar-refractivity contribution in [3.05, 3.63) is 23.8 Å². The van der Waals surface area contributed by atoms with E-state index in [2.05, 4.69) is 12.2 Å². The molecule has 114 valence electrons. The third-order valence-electron chi connectivity index (χ3n) is 2.86. The summed E-state index contributed by atoms with van der Waals surface area (Å²) in [6, 6.07) is 5.94. The van der Waals surface area contributed by atoms with Crippen LogP contribution in [0.3, 0.4) is 0 Å². The normalized spacial score (nSPS) is 10.8. The Kier molecular flexibility index (Phi) is 8.02. The Bertz CT molecular complexity index is 380. The molecule has 0 aliphatic carbocycles. The van der Waals surface area contributed by atoms with Crippen molar-refractivity contribution in [2.24, 2.45) is 0 Å². The van der Waals surface area contributed by atoms with Crippen LogP contribution in [0.4, 0.5) is 0 Å². The molecule has 20 heavy (non-hydrogen) atoms. The van der Waals surface area contributed by atoms with Gasteiger partial charge in [-0.2, -0.15) is 0 Å². The summed E-state index contributed by atoms with van der Waals surface area (Å²) in [5.41, 5.74) is 1.12. The fourth-order valence-corrected chi connectivity index (χ4v) is 1.75. The van der Waals surface area contributed by atoms with Gasteiger partial charge in [-0.25, -0.2) is 0 Å². The highest BCUT2D eigenvalue weighted by Gasteiger charge is 2.07. The maximum absolute atomic E-state index is 5.62. The molecule has 1 rings (SSSR count). The minimum absolute atomic E-state index is 0.232. The molecule has 5 heteroatoms. The van der Waals surface area contributed by atoms with E-state index in [1.165, 1.54) is 0 Å². The highest BCUT2D eigenvalue weighted by molar-refractivity contribution is 5.42. The van der Waals surface area contributed by atoms with Crippen LogP contribution in [0.1, 0.15) is 18.9 Å². The first-order chi connectivity index (χ1) is 9.74. The summed E-state index contributed by atoms with van der Waals surface area (Å²) in [7, 11) is 4.90. The van der Waals surface area contributed by atoms with Crippen LogP contribution in [-0.2, 0) is 16.0 Å². The second-order valence-corrected chi connectivity index (χ2v) is 4.37. The van der Waals surface area contributed by atoms with E-state index in [4.69, 9.17) is 18.9 Å². The van der Waals surface area contributed by atoms with Gasteiger partial charge in [0.25, 0.3) is 0 Å². The SMILES string of the molecule is CCCOc1ccc(CNCC(OC)OC)cc1OC. The molecular weight excluding hydrogens is 258 g/mol. The van der Waals surface area contributed by atoms with Gasteiger partial charge in [-0.05, 0) is 24.1 Å². The van der Waals surface area contributed by atoms with E-state index < -0.39 is 0 Å². The summed E-state index contributed by atoms with van der Waals surface area (Å²) >= 11 is 0. The van der Waals surface area contributed by atoms with Crippen molar-refractivity contribution >= 4 is 0 Å². The fourth-order valence-electron chi connectivity index (χ4n) is 1.75. The third kappa shape index (κ3) is 5.36. The van der Waals surface area contributed by atoms with E-state index in [0.717, 1.165) is 23.5 Å². The number of benzene rings is 1. The van der Waals surface area contributed by atoms with E-state index in [0.29, 0.717) is 19.7 Å². The molecule has 1 aromatic carbocycles. The van der Waals surface area contributed by atoms with Crippen LogP contribution in [0, 0.1) is 0 Å². The maximum atomic E-state index is 5.62. The lowest BCUT2D eigenvalue weighted by Gasteiger charge is -2.15. The Morgan fingerprint density at radius 3 is 2.45 bits per heavy atom. The van der Waals surface area contributed by atoms with Crippen molar-refractivity contribution < 1.29 is 18.9 Å². The van der Waals surface area contributed by atoms with Gasteiger partial charge in [0.2, 0.25) is 0 Å². The summed E-state index contributed by atoms with van der Waals surface area (Å²) in [6.45, 7) is 4.11. The van der Waals surface area contributed by atoms with Crippen LogP contribution in [0.25, 0.3) is 0 Å². The summed E-state index contributed by atoms with van der Waals surface area (Å²) in [5, 5.41) is 3.27. The van der Waals surface area contributed by atoms with Gasteiger partial charge in [-0.15, -0.1) is 0 Å². The molecule has 0 amide bonds. The Morgan fingerprint density at radius 1 is 1.10 bits per heavy atom. The van der Waals surface area contributed by atoms with Crippen LogP contribution < -0.4 is 14.8 Å². The highest BCUT2D eigenvalue weighted by Crippen LogP contribution is 2.28. The van der Waals surface area contributed by atoms with Crippen molar-refractivity contribution in [2.75, 3.05) is 34.5 Å². The quantitative estimate of drug-likeness (QED) is 0.667. The molecule has 0 fully saturated rings. The van der Waals surface area contributed by atoms with E-state index >= 15 is 0 Å². The number of nitrogens with one attached hydrogen (secondary N) is 1. The molecule has 0 radical (unpaired) electrons. The van der Waals surface area contributed by atoms with Crippen molar-refractivity contribution in [1.82, 2.24) is 5.32 Å². The van der Waals surface area contributed by atoms with Gasteiger partial charge >= 0.3 is 0 Å². The zero-order valence-corrected chi connectivity index (χ0v) is 12.8. The second kappa shape index (κ2) is 9.58. The molecule has 0 saturated heterocycles. The predicted molar refractivity (Wildman–Crippen MR) is 78.3 cm³/mol. The van der Waals surface area contributed by atoms with Gasteiger partial charge in [0.1, 0.15) is 0 Å². The van der Waals surface area contributed by atoms with Crippen molar-refractivity contribution in [2.45, 2.75) is 26.2 Å². The van der Waals surface area contributed by atoms with E-state index in [9.17, 15) is 0 Å². The Morgan fingerprint density at radius 2 is 1.85 bits per heavy atom. The lowest BCUT2D eigenvalue weighted by molar-refractivity contribution is -0.0989. The highest BCUT2D eigenvalue weighted by atomic mass is 16.7. The van der Waals surface area contributed by atoms with Gasteiger partial charge in [-0.3, -0.25) is 0 Å². The molecule has 1 aromatic rings. The summed E-state index contributed by atoms with van der Waals surface area (Å²) < 4.78 is 21.2. The topological polar surface area (TPSA) is 49.0 Å². The first-order valence-electron chi connectivity index (χ1n) is 6.81. The molecule has 5 nitrogen and oxygen atoms in total. The van der Waals surface area contributed by atoms with Crippen molar-refractivity contribution in [1.29, 1.82) is 0 Å². The maximum Gasteiger partial charge on any atom is 0.169 e. The molecule has 0 aliphatic heterocycles. The lowest BCUT2D eigenvalue weighted by Crippen LogP contribution is -2.29. The van der Waals surface area contributed by atoms with Crippen molar-refractivity contribution in [3.8, 4) is 11.5 Å². The molecule has 0 atom stereocenters. The van der Waals surface area contributed by atoms with Gasteiger partial charge < -0.3 is 24.3 Å². The van der Waals surface area contributed by atoms with Gasteiger partial charge in [0.05, 0.1) is 13.7 Å². The number of ether oxygens (including phenoxy) is 4. The Balaban J connectivity index is 2.54. The molecule has 0 aromatic heterocycles. The summed E-state index contributed by atoms with van der Waals surface area (Å²) in [5.74, 6) is 1.54. The van der Waals surface area contributed by atoms with Crippen LogP contribution in [0.5, 0.6) is 11.5 Å². The molecule has 1 N–H and O–H groups in total. The van der Waals surface area contributed by atoms with Crippen molar-refractivity contribution in [3.63, 3.8) is 0 Å². The molecule has 0 heterocycles. The van der Waals surface area contributed by atoms with Crippen LogP contribution in [0.2, 0.25) is 0 Å². The second-order valence-electron chi connectivity index (χ2n) is 4.37. The average Bonchev–Trinajstić information content (AvgIpc) is 2.50. The van der Waals surface area contributed by atoms with Crippen LogP contribution >= 0.6 is 0 Å². The van der Waals surface area contributed by atoms with Gasteiger partial charge in [-0.1, -0.05) is 13.0 Å². The predicted octanol–water partition coefficient (Wildman–Crippen LogP) is 2.19. The number of rotatable bonds is 10.